The molecule has 0 saturated carbocycles. The summed E-state index contributed by atoms with van der Waals surface area (Å²) in [5, 5.41) is 5.46. The molecule has 1 aliphatic rings. The molecule has 1 saturated heterocycles. The SMILES string of the molecule is CCOC1C(OC)C(=O)OC(CN=O)C1N=O. The average Bonchev–Trinajstić information content (AvgIpc) is 2.30. The fourth-order valence-corrected chi connectivity index (χ4v) is 1.77. The smallest absolute Gasteiger partial charge is 0.338 e. The van der Waals surface area contributed by atoms with E-state index in [9.17, 15) is 14.6 Å². The molecule has 8 heteroatoms. The number of carbonyl (C=O) groups excluding carboxylic acids is 1. The van der Waals surface area contributed by atoms with E-state index in [1.54, 1.807) is 6.92 Å². The fourth-order valence-electron chi connectivity index (χ4n) is 1.77. The Morgan fingerprint density at radius 3 is 2.59 bits per heavy atom. The molecule has 4 unspecified atom stereocenters. The highest BCUT2D eigenvalue weighted by Crippen LogP contribution is 2.24. The molecule has 8 nitrogen and oxygen atoms in total. The Morgan fingerprint density at radius 2 is 2.12 bits per heavy atom. The molecule has 0 bridgehead atoms. The van der Waals surface area contributed by atoms with Crippen molar-refractivity contribution >= 4 is 5.97 Å². The molecular weight excluding hydrogens is 232 g/mol. The van der Waals surface area contributed by atoms with Gasteiger partial charge in [0.05, 0.1) is 0 Å². The number of cyclic esters (lactones) is 1. The molecule has 0 aromatic heterocycles. The predicted octanol–water partition coefficient (Wildman–Crippen LogP) is 0.233. The van der Waals surface area contributed by atoms with Crippen LogP contribution >= 0.6 is 0 Å². The van der Waals surface area contributed by atoms with Crippen LogP contribution in [0, 0.1) is 9.81 Å². The van der Waals surface area contributed by atoms with E-state index in [1.165, 1.54) is 7.11 Å². The lowest BCUT2D eigenvalue weighted by atomic mass is 9.97. The van der Waals surface area contributed by atoms with Gasteiger partial charge in [-0.15, -0.1) is 0 Å². The zero-order chi connectivity index (χ0) is 12.8. The standard InChI is InChI=1S/C9H14N2O6/c1-3-16-7-6(11-14)5(4-10-13)17-9(12)8(7)15-2/h5-8H,3-4H2,1-2H3. The van der Waals surface area contributed by atoms with Crippen LogP contribution in [0.4, 0.5) is 0 Å². The molecular formula is C9H14N2O6. The Bertz CT molecular complexity index is 297. The van der Waals surface area contributed by atoms with Crippen molar-refractivity contribution in [2.24, 2.45) is 10.4 Å². The summed E-state index contributed by atoms with van der Waals surface area (Å²) in [6.45, 7) is 1.66. The van der Waals surface area contributed by atoms with Gasteiger partial charge in [0, 0.05) is 13.7 Å². The second-order valence-electron chi connectivity index (χ2n) is 3.46. The Balaban J connectivity index is 2.92. The van der Waals surface area contributed by atoms with Gasteiger partial charge < -0.3 is 14.2 Å². The van der Waals surface area contributed by atoms with Crippen LogP contribution in [-0.2, 0) is 19.0 Å². The first kappa shape index (κ1) is 13.7. The first-order chi connectivity index (χ1) is 8.19. The lowest BCUT2D eigenvalue weighted by Crippen LogP contribution is -2.57. The number of methoxy groups -OCH3 is 1. The van der Waals surface area contributed by atoms with Gasteiger partial charge in [0.1, 0.15) is 12.6 Å². The van der Waals surface area contributed by atoms with Crippen molar-refractivity contribution in [2.75, 3.05) is 20.3 Å². The van der Waals surface area contributed by atoms with Crippen LogP contribution in [-0.4, -0.2) is 50.6 Å². The summed E-state index contributed by atoms with van der Waals surface area (Å²) >= 11 is 0. The first-order valence-corrected chi connectivity index (χ1v) is 5.16. The molecule has 0 aliphatic carbocycles. The lowest BCUT2D eigenvalue weighted by Gasteiger charge is -2.36. The van der Waals surface area contributed by atoms with Crippen LogP contribution in [0.1, 0.15) is 6.92 Å². The van der Waals surface area contributed by atoms with Gasteiger partial charge in [-0.25, -0.2) is 4.79 Å². The number of esters is 1. The minimum atomic E-state index is -1.01. The zero-order valence-corrected chi connectivity index (χ0v) is 9.57. The maximum atomic E-state index is 11.5. The van der Waals surface area contributed by atoms with Crippen molar-refractivity contribution < 1.29 is 19.0 Å². The van der Waals surface area contributed by atoms with E-state index < -0.39 is 30.3 Å². The summed E-state index contributed by atoms with van der Waals surface area (Å²) in [5.41, 5.74) is 0. The maximum absolute atomic E-state index is 11.5. The van der Waals surface area contributed by atoms with Gasteiger partial charge in [-0.1, -0.05) is 10.4 Å². The van der Waals surface area contributed by atoms with Gasteiger partial charge in [-0.3, -0.25) is 0 Å². The quantitative estimate of drug-likeness (QED) is 0.491. The molecule has 1 aliphatic heterocycles. The van der Waals surface area contributed by atoms with E-state index >= 15 is 0 Å². The third-order valence-electron chi connectivity index (χ3n) is 2.50. The second kappa shape index (κ2) is 6.36. The van der Waals surface area contributed by atoms with Crippen molar-refractivity contribution in [1.29, 1.82) is 0 Å². The van der Waals surface area contributed by atoms with Crippen LogP contribution in [0.5, 0.6) is 0 Å². The number of carbonyl (C=O) groups is 1. The number of hydrogen-bond acceptors (Lipinski definition) is 8. The van der Waals surface area contributed by atoms with Crippen LogP contribution in [0.3, 0.4) is 0 Å². The summed E-state index contributed by atoms with van der Waals surface area (Å²) in [4.78, 5) is 32.5. The number of hydrogen-bond donors (Lipinski definition) is 0. The molecule has 1 heterocycles. The average molecular weight is 246 g/mol. The predicted molar refractivity (Wildman–Crippen MR) is 56.3 cm³/mol. The van der Waals surface area contributed by atoms with Crippen molar-refractivity contribution in [3.63, 3.8) is 0 Å². The third kappa shape index (κ3) is 2.83. The number of rotatable bonds is 6. The zero-order valence-electron chi connectivity index (χ0n) is 9.57. The Labute approximate surface area is 97.5 Å². The molecule has 0 N–H and O–H groups in total. The van der Waals surface area contributed by atoms with Gasteiger partial charge in [-0.2, -0.15) is 9.81 Å². The topological polar surface area (TPSA) is 104 Å². The monoisotopic (exact) mass is 246 g/mol. The van der Waals surface area contributed by atoms with Crippen molar-refractivity contribution in [1.82, 2.24) is 0 Å². The van der Waals surface area contributed by atoms with E-state index in [0.717, 1.165) is 0 Å². The first-order valence-electron chi connectivity index (χ1n) is 5.16. The van der Waals surface area contributed by atoms with Crippen LogP contribution in [0.2, 0.25) is 0 Å². The molecule has 1 fully saturated rings. The van der Waals surface area contributed by atoms with Crippen molar-refractivity contribution in [3.8, 4) is 0 Å². The van der Waals surface area contributed by atoms with E-state index in [0.29, 0.717) is 0 Å². The van der Waals surface area contributed by atoms with Gasteiger partial charge >= 0.3 is 5.97 Å². The molecule has 17 heavy (non-hydrogen) atoms. The highest BCUT2D eigenvalue weighted by atomic mass is 16.6. The van der Waals surface area contributed by atoms with E-state index in [-0.39, 0.29) is 13.2 Å². The van der Waals surface area contributed by atoms with Crippen LogP contribution in [0.25, 0.3) is 0 Å². The Kier molecular flexibility index (Phi) is 5.11. The van der Waals surface area contributed by atoms with Crippen LogP contribution < -0.4 is 0 Å². The highest BCUT2D eigenvalue weighted by molar-refractivity contribution is 5.77. The second-order valence-corrected chi connectivity index (χ2v) is 3.46. The number of ether oxygens (including phenoxy) is 3. The largest absolute Gasteiger partial charge is 0.456 e. The molecule has 0 aromatic carbocycles. The summed E-state index contributed by atoms with van der Waals surface area (Å²) in [6, 6.07) is -0.990. The fraction of sp³-hybridized carbons (Fsp3) is 0.889. The van der Waals surface area contributed by atoms with Gasteiger partial charge in [0.15, 0.2) is 18.2 Å². The molecule has 4 atom stereocenters. The molecule has 0 radical (unpaired) electrons. The summed E-state index contributed by atoms with van der Waals surface area (Å²) in [6.07, 6.45) is -2.85. The maximum Gasteiger partial charge on any atom is 0.338 e. The number of nitroso groups, excluding NO2 is 2. The van der Waals surface area contributed by atoms with Gasteiger partial charge in [-0.05, 0) is 6.92 Å². The highest BCUT2D eigenvalue weighted by Gasteiger charge is 2.48. The molecule has 96 valence electrons. The van der Waals surface area contributed by atoms with Crippen molar-refractivity contribution in [2.45, 2.75) is 31.3 Å². The molecule has 0 aromatic rings. The van der Waals surface area contributed by atoms with Gasteiger partial charge in [0.25, 0.3) is 0 Å². The number of nitrogens with zero attached hydrogens (tertiary/aromatic N) is 2. The summed E-state index contributed by atoms with van der Waals surface area (Å²) in [7, 11) is 1.30. The van der Waals surface area contributed by atoms with Gasteiger partial charge in [0.2, 0.25) is 0 Å². The minimum absolute atomic E-state index is 0.283. The van der Waals surface area contributed by atoms with Crippen molar-refractivity contribution in [3.05, 3.63) is 9.81 Å². The molecule has 0 spiro atoms. The minimum Gasteiger partial charge on any atom is -0.456 e. The summed E-state index contributed by atoms with van der Waals surface area (Å²) in [5.74, 6) is -0.681. The molecule has 0 amide bonds. The normalized spacial score (nSPS) is 32.9. The van der Waals surface area contributed by atoms with Crippen LogP contribution in [0.15, 0.2) is 10.4 Å². The van der Waals surface area contributed by atoms with E-state index in [1.807, 2.05) is 0 Å². The molecule has 1 rings (SSSR count). The Hall–Kier alpha value is -1.41. The Morgan fingerprint density at radius 1 is 1.41 bits per heavy atom. The van der Waals surface area contributed by atoms with E-state index in [2.05, 4.69) is 10.4 Å². The lowest BCUT2D eigenvalue weighted by molar-refractivity contribution is -0.190. The summed E-state index contributed by atoms with van der Waals surface area (Å²) < 4.78 is 15.1. The third-order valence-corrected chi connectivity index (χ3v) is 2.50. The van der Waals surface area contributed by atoms with E-state index in [4.69, 9.17) is 14.2 Å².